The minimum absolute atomic E-state index is 0. The summed E-state index contributed by atoms with van der Waals surface area (Å²) in [6.07, 6.45) is 0.0990. The SMILES string of the molecule is CCOC(=O)C[C@@H](N)c1ccc(O)c(OC)c1.Cl. The van der Waals surface area contributed by atoms with Gasteiger partial charge in [-0.25, -0.2) is 0 Å². The molecule has 0 radical (unpaired) electrons. The van der Waals surface area contributed by atoms with Gasteiger partial charge in [0.15, 0.2) is 11.5 Å². The molecule has 0 bridgehead atoms. The van der Waals surface area contributed by atoms with E-state index in [1.54, 1.807) is 19.1 Å². The topological polar surface area (TPSA) is 81.8 Å². The fourth-order valence-corrected chi connectivity index (χ4v) is 1.44. The highest BCUT2D eigenvalue weighted by Crippen LogP contribution is 2.29. The fourth-order valence-electron chi connectivity index (χ4n) is 1.44. The third-order valence-electron chi connectivity index (χ3n) is 2.32. The average molecular weight is 276 g/mol. The molecular formula is C12H18ClNO4. The van der Waals surface area contributed by atoms with Crippen LogP contribution in [0.5, 0.6) is 11.5 Å². The van der Waals surface area contributed by atoms with Gasteiger partial charge in [0.05, 0.1) is 20.1 Å². The monoisotopic (exact) mass is 275 g/mol. The summed E-state index contributed by atoms with van der Waals surface area (Å²) in [6, 6.07) is 4.28. The lowest BCUT2D eigenvalue weighted by Gasteiger charge is -2.13. The maximum Gasteiger partial charge on any atom is 0.307 e. The first-order valence-electron chi connectivity index (χ1n) is 5.36. The summed E-state index contributed by atoms with van der Waals surface area (Å²) in [5, 5.41) is 9.43. The van der Waals surface area contributed by atoms with E-state index >= 15 is 0 Å². The summed E-state index contributed by atoms with van der Waals surface area (Å²) in [5.74, 6) is 0.0356. The van der Waals surface area contributed by atoms with Crippen molar-refractivity contribution in [3.8, 4) is 11.5 Å². The van der Waals surface area contributed by atoms with Crippen LogP contribution < -0.4 is 10.5 Å². The van der Waals surface area contributed by atoms with Crippen LogP contribution in [0, 0.1) is 0 Å². The number of ether oxygens (including phenoxy) is 2. The largest absolute Gasteiger partial charge is 0.504 e. The first-order chi connectivity index (χ1) is 8.08. The summed E-state index contributed by atoms with van der Waals surface area (Å²) in [6.45, 7) is 2.08. The second-order valence-corrected chi connectivity index (χ2v) is 3.55. The Labute approximate surface area is 112 Å². The van der Waals surface area contributed by atoms with Crippen molar-refractivity contribution in [2.24, 2.45) is 5.73 Å². The number of esters is 1. The van der Waals surface area contributed by atoms with Crippen molar-refractivity contribution in [1.82, 2.24) is 0 Å². The summed E-state index contributed by atoms with van der Waals surface area (Å²) in [7, 11) is 1.45. The van der Waals surface area contributed by atoms with Gasteiger partial charge in [-0.05, 0) is 24.6 Å². The number of carbonyl (C=O) groups is 1. The summed E-state index contributed by atoms with van der Waals surface area (Å²) in [5.41, 5.74) is 6.58. The van der Waals surface area contributed by atoms with Crippen molar-refractivity contribution < 1.29 is 19.4 Å². The summed E-state index contributed by atoms with van der Waals surface area (Å²) >= 11 is 0. The zero-order valence-corrected chi connectivity index (χ0v) is 11.2. The van der Waals surface area contributed by atoms with Crippen molar-refractivity contribution in [3.05, 3.63) is 23.8 Å². The van der Waals surface area contributed by atoms with Crippen molar-refractivity contribution >= 4 is 18.4 Å². The molecule has 0 aliphatic rings. The minimum Gasteiger partial charge on any atom is -0.504 e. The number of carbonyl (C=O) groups excluding carboxylic acids is 1. The van der Waals surface area contributed by atoms with Crippen LogP contribution in [0.3, 0.4) is 0 Å². The number of halogens is 1. The number of hydrogen-bond acceptors (Lipinski definition) is 5. The van der Waals surface area contributed by atoms with Crippen LogP contribution in [0.15, 0.2) is 18.2 Å². The molecule has 3 N–H and O–H groups in total. The molecule has 0 spiro atoms. The lowest BCUT2D eigenvalue weighted by atomic mass is 10.0. The number of hydrogen-bond donors (Lipinski definition) is 2. The second kappa shape index (κ2) is 7.79. The Balaban J connectivity index is 0.00000289. The molecule has 0 unspecified atom stereocenters. The minimum atomic E-state index is -0.469. The number of rotatable bonds is 5. The van der Waals surface area contributed by atoms with Gasteiger partial charge in [0.1, 0.15) is 0 Å². The molecule has 1 aromatic rings. The zero-order chi connectivity index (χ0) is 12.8. The molecule has 102 valence electrons. The van der Waals surface area contributed by atoms with Gasteiger partial charge in [0.25, 0.3) is 0 Å². The number of methoxy groups -OCH3 is 1. The molecule has 0 fully saturated rings. The maximum absolute atomic E-state index is 11.3. The predicted octanol–water partition coefficient (Wildman–Crippen LogP) is 1.78. The van der Waals surface area contributed by atoms with Crippen molar-refractivity contribution in [2.45, 2.75) is 19.4 Å². The molecule has 1 rings (SSSR count). The number of phenols is 1. The number of aromatic hydroxyl groups is 1. The normalized spacial score (nSPS) is 11.3. The van der Waals surface area contributed by atoms with Crippen molar-refractivity contribution in [3.63, 3.8) is 0 Å². The van der Waals surface area contributed by atoms with Crippen LogP contribution in [-0.4, -0.2) is 24.8 Å². The quantitative estimate of drug-likeness (QED) is 0.801. The second-order valence-electron chi connectivity index (χ2n) is 3.55. The molecule has 5 nitrogen and oxygen atoms in total. The molecule has 6 heteroatoms. The molecular weight excluding hydrogens is 258 g/mol. The summed E-state index contributed by atoms with van der Waals surface area (Å²) < 4.78 is 9.78. The highest BCUT2D eigenvalue weighted by atomic mass is 35.5. The molecule has 18 heavy (non-hydrogen) atoms. The summed E-state index contributed by atoms with van der Waals surface area (Å²) in [4.78, 5) is 11.3. The maximum atomic E-state index is 11.3. The first-order valence-corrected chi connectivity index (χ1v) is 5.36. The van der Waals surface area contributed by atoms with E-state index in [0.29, 0.717) is 17.9 Å². The lowest BCUT2D eigenvalue weighted by molar-refractivity contribution is -0.143. The van der Waals surface area contributed by atoms with E-state index in [0.717, 1.165) is 0 Å². The highest BCUT2D eigenvalue weighted by molar-refractivity contribution is 5.85. The standard InChI is InChI=1S/C12H17NO4.ClH/c1-3-17-12(15)7-9(13)8-4-5-10(14)11(6-8)16-2;/h4-6,9,14H,3,7,13H2,1-2H3;1H/t9-;/m1./s1. The number of benzene rings is 1. The van der Waals surface area contributed by atoms with E-state index in [1.165, 1.54) is 13.2 Å². The van der Waals surface area contributed by atoms with Crippen molar-refractivity contribution in [2.75, 3.05) is 13.7 Å². The van der Waals surface area contributed by atoms with Crippen molar-refractivity contribution in [1.29, 1.82) is 0 Å². The van der Waals surface area contributed by atoms with E-state index in [9.17, 15) is 9.90 Å². The Hall–Kier alpha value is -1.46. The van der Waals surface area contributed by atoms with Crippen LogP contribution in [0.1, 0.15) is 24.9 Å². The Morgan fingerprint density at radius 1 is 1.50 bits per heavy atom. The van der Waals surface area contributed by atoms with E-state index in [1.807, 2.05) is 0 Å². The van der Waals surface area contributed by atoms with Gasteiger partial charge in [-0.1, -0.05) is 6.07 Å². The molecule has 0 aliphatic carbocycles. The third-order valence-corrected chi connectivity index (χ3v) is 2.32. The van der Waals surface area contributed by atoms with Gasteiger partial charge in [-0.15, -0.1) is 12.4 Å². The van der Waals surface area contributed by atoms with Gasteiger partial charge in [0, 0.05) is 6.04 Å². The Morgan fingerprint density at radius 2 is 2.17 bits per heavy atom. The molecule has 0 heterocycles. The predicted molar refractivity (Wildman–Crippen MR) is 70.1 cm³/mol. The van der Waals surface area contributed by atoms with Crippen LogP contribution >= 0.6 is 12.4 Å². The van der Waals surface area contributed by atoms with Crippen LogP contribution in [-0.2, 0) is 9.53 Å². The first kappa shape index (κ1) is 16.5. The number of nitrogens with two attached hydrogens (primary N) is 1. The van der Waals surface area contributed by atoms with Gasteiger partial charge in [-0.2, -0.15) is 0 Å². The molecule has 0 saturated heterocycles. The van der Waals surface area contributed by atoms with Gasteiger partial charge in [0.2, 0.25) is 0 Å². The van der Waals surface area contributed by atoms with Crippen LogP contribution in [0.25, 0.3) is 0 Å². The smallest absolute Gasteiger partial charge is 0.307 e. The Morgan fingerprint density at radius 3 is 2.72 bits per heavy atom. The van der Waals surface area contributed by atoms with E-state index in [4.69, 9.17) is 15.2 Å². The van der Waals surface area contributed by atoms with Crippen LogP contribution in [0.4, 0.5) is 0 Å². The lowest BCUT2D eigenvalue weighted by Crippen LogP contribution is -2.17. The van der Waals surface area contributed by atoms with Gasteiger partial charge in [-0.3, -0.25) is 4.79 Å². The van der Waals surface area contributed by atoms with Gasteiger partial charge >= 0.3 is 5.97 Å². The molecule has 1 aromatic carbocycles. The average Bonchev–Trinajstić information content (AvgIpc) is 2.29. The number of phenolic OH excluding ortho intramolecular Hbond substituents is 1. The molecule has 0 amide bonds. The molecule has 1 atom stereocenters. The van der Waals surface area contributed by atoms with E-state index in [2.05, 4.69) is 0 Å². The van der Waals surface area contributed by atoms with Crippen LogP contribution in [0.2, 0.25) is 0 Å². The van der Waals surface area contributed by atoms with Gasteiger partial charge < -0.3 is 20.3 Å². The highest BCUT2D eigenvalue weighted by Gasteiger charge is 2.14. The molecule has 0 aromatic heterocycles. The van der Waals surface area contributed by atoms with E-state index in [-0.39, 0.29) is 30.5 Å². The fraction of sp³-hybridized carbons (Fsp3) is 0.417. The zero-order valence-electron chi connectivity index (χ0n) is 10.4. The third kappa shape index (κ3) is 4.43. The Kier molecular flexibility index (Phi) is 7.16. The Bertz CT molecular complexity index is 398. The van der Waals surface area contributed by atoms with E-state index < -0.39 is 6.04 Å². The molecule has 0 saturated carbocycles. The molecule has 0 aliphatic heterocycles.